The fourth-order valence-electron chi connectivity index (χ4n) is 4.62. The number of amides is 1. The maximum absolute atomic E-state index is 12.1. The summed E-state index contributed by atoms with van der Waals surface area (Å²) in [6, 6.07) is 16.1. The van der Waals surface area contributed by atoms with E-state index in [0.29, 0.717) is 42.8 Å². The molecular formula is C26H25N7O2. The van der Waals surface area contributed by atoms with Crippen molar-refractivity contribution >= 4 is 17.4 Å². The van der Waals surface area contributed by atoms with Gasteiger partial charge in [0.25, 0.3) is 5.91 Å². The number of carbonyl (C=O) groups excluding carboxylic acids is 1. The number of piperidine rings is 1. The van der Waals surface area contributed by atoms with Crippen molar-refractivity contribution in [1.82, 2.24) is 24.5 Å². The van der Waals surface area contributed by atoms with Gasteiger partial charge in [0, 0.05) is 41.9 Å². The summed E-state index contributed by atoms with van der Waals surface area (Å²) in [6.07, 6.45) is 3.71. The maximum atomic E-state index is 12.1. The molecule has 1 aliphatic rings. The molecule has 1 atom stereocenters. The van der Waals surface area contributed by atoms with E-state index in [1.54, 1.807) is 17.3 Å². The molecule has 1 fully saturated rings. The Kier molecular flexibility index (Phi) is 5.89. The zero-order valence-electron chi connectivity index (χ0n) is 19.3. The predicted molar refractivity (Wildman–Crippen MR) is 131 cm³/mol. The Hall–Kier alpha value is -4.29. The number of aliphatic hydroxyl groups is 1. The van der Waals surface area contributed by atoms with E-state index in [9.17, 15) is 15.2 Å². The number of aliphatic hydroxyl groups excluding tert-OH is 1. The molecule has 176 valence electrons. The van der Waals surface area contributed by atoms with E-state index in [1.165, 1.54) is 11.4 Å². The Labute approximate surface area is 202 Å². The first kappa shape index (κ1) is 22.5. The fourth-order valence-corrected chi connectivity index (χ4v) is 4.62. The molecule has 1 aliphatic heterocycles. The van der Waals surface area contributed by atoms with Crippen LogP contribution in [0, 0.1) is 11.3 Å². The Balaban J connectivity index is 1.50. The van der Waals surface area contributed by atoms with E-state index in [1.807, 2.05) is 42.5 Å². The molecule has 0 saturated carbocycles. The fraction of sp³-hybridized carbons (Fsp3) is 0.269. The lowest BCUT2D eigenvalue weighted by atomic mass is 9.90. The number of hydrogen-bond acceptors (Lipinski definition) is 7. The highest BCUT2D eigenvalue weighted by Gasteiger charge is 2.30. The monoisotopic (exact) mass is 467 g/mol. The van der Waals surface area contributed by atoms with Crippen LogP contribution in [0.3, 0.4) is 0 Å². The molecule has 3 aromatic heterocycles. The van der Waals surface area contributed by atoms with Crippen molar-refractivity contribution in [3.05, 3.63) is 66.1 Å². The van der Waals surface area contributed by atoms with Gasteiger partial charge in [-0.2, -0.15) is 14.9 Å². The molecule has 0 aliphatic carbocycles. The number of fused-ring (bicyclic) bond motifs is 1. The molecular weight excluding hydrogens is 442 g/mol. The van der Waals surface area contributed by atoms with Gasteiger partial charge in [-0.1, -0.05) is 36.4 Å². The standard InChI is InChI=1S/C26H25N7O2/c1-16(34)26(35)32-11-9-18(10-12-32)23-20(13-27)24(28)33-25(31-23)21(15-30-33)19-7-8-22(29-14-19)17-5-3-2-4-6-17/h2-8,14-16,18,34H,9-12,28H2,1H3/t16-/m1/s1. The van der Waals surface area contributed by atoms with Gasteiger partial charge in [0.2, 0.25) is 0 Å². The minimum absolute atomic E-state index is 0.0312. The van der Waals surface area contributed by atoms with Crippen LogP contribution in [-0.2, 0) is 4.79 Å². The van der Waals surface area contributed by atoms with Crippen molar-refractivity contribution in [2.24, 2.45) is 0 Å². The van der Waals surface area contributed by atoms with E-state index >= 15 is 0 Å². The van der Waals surface area contributed by atoms with Gasteiger partial charge in [0.05, 0.1) is 17.6 Å². The van der Waals surface area contributed by atoms with E-state index in [-0.39, 0.29) is 17.6 Å². The van der Waals surface area contributed by atoms with Crippen molar-refractivity contribution < 1.29 is 9.90 Å². The number of nitrogens with zero attached hydrogens (tertiary/aromatic N) is 6. The molecule has 4 aromatic rings. The third-order valence-corrected chi connectivity index (χ3v) is 6.52. The molecule has 0 radical (unpaired) electrons. The van der Waals surface area contributed by atoms with Crippen molar-refractivity contribution in [3.8, 4) is 28.5 Å². The largest absolute Gasteiger partial charge is 0.384 e. The summed E-state index contributed by atoms with van der Waals surface area (Å²) in [5, 5.41) is 23.9. The van der Waals surface area contributed by atoms with Gasteiger partial charge < -0.3 is 15.7 Å². The third kappa shape index (κ3) is 4.09. The first-order valence-electron chi connectivity index (χ1n) is 11.5. The average molecular weight is 468 g/mol. The molecule has 1 saturated heterocycles. The average Bonchev–Trinajstić information content (AvgIpc) is 3.33. The summed E-state index contributed by atoms with van der Waals surface area (Å²) in [4.78, 5) is 23.3. The maximum Gasteiger partial charge on any atom is 0.251 e. The molecule has 0 spiro atoms. The lowest BCUT2D eigenvalue weighted by molar-refractivity contribution is -0.140. The minimum atomic E-state index is -1.03. The molecule has 0 unspecified atom stereocenters. The van der Waals surface area contributed by atoms with Gasteiger partial charge >= 0.3 is 0 Å². The molecule has 9 heteroatoms. The number of aromatic nitrogens is 4. The summed E-state index contributed by atoms with van der Waals surface area (Å²) in [5.74, 6) is -0.0668. The van der Waals surface area contributed by atoms with E-state index < -0.39 is 6.10 Å². The molecule has 1 aromatic carbocycles. The zero-order valence-corrected chi connectivity index (χ0v) is 19.3. The van der Waals surface area contributed by atoms with E-state index in [0.717, 1.165) is 22.4 Å². The summed E-state index contributed by atoms with van der Waals surface area (Å²) in [5.41, 5.74) is 11.4. The van der Waals surface area contributed by atoms with Gasteiger partial charge in [-0.15, -0.1) is 0 Å². The number of carbonyl (C=O) groups is 1. The lowest BCUT2D eigenvalue weighted by Gasteiger charge is -2.32. The second-order valence-corrected chi connectivity index (χ2v) is 8.74. The Morgan fingerprint density at radius 2 is 1.89 bits per heavy atom. The summed E-state index contributed by atoms with van der Waals surface area (Å²) < 4.78 is 1.49. The Morgan fingerprint density at radius 3 is 2.51 bits per heavy atom. The highest BCUT2D eigenvalue weighted by molar-refractivity contribution is 5.81. The van der Waals surface area contributed by atoms with Crippen molar-refractivity contribution in [2.45, 2.75) is 31.8 Å². The van der Waals surface area contributed by atoms with Gasteiger partial charge in [0.1, 0.15) is 23.6 Å². The second-order valence-electron chi connectivity index (χ2n) is 8.74. The van der Waals surface area contributed by atoms with Gasteiger partial charge in [-0.05, 0) is 25.8 Å². The van der Waals surface area contributed by atoms with Crippen LogP contribution in [0.5, 0.6) is 0 Å². The topological polar surface area (TPSA) is 133 Å². The van der Waals surface area contributed by atoms with Crippen molar-refractivity contribution in [2.75, 3.05) is 18.8 Å². The van der Waals surface area contributed by atoms with Crippen LogP contribution >= 0.6 is 0 Å². The molecule has 9 nitrogen and oxygen atoms in total. The van der Waals surface area contributed by atoms with Crippen LogP contribution in [0.1, 0.15) is 36.9 Å². The van der Waals surface area contributed by atoms with E-state index in [4.69, 9.17) is 10.7 Å². The number of anilines is 1. The van der Waals surface area contributed by atoms with Crippen LogP contribution in [0.4, 0.5) is 5.82 Å². The Bertz CT molecular complexity index is 1410. The summed E-state index contributed by atoms with van der Waals surface area (Å²) in [6.45, 7) is 2.45. The normalized spacial score (nSPS) is 15.2. The van der Waals surface area contributed by atoms with Crippen molar-refractivity contribution in [1.29, 1.82) is 5.26 Å². The molecule has 5 rings (SSSR count). The molecule has 1 amide bonds. The number of nitrogens with two attached hydrogens (primary N) is 1. The van der Waals surface area contributed by atoms with Crippen LogP contribution in [0.2, 0.25) is 0 Å². The van der Waals surface area contributed by atoms with Crippen LogP contribution in [0.25, 0.3) is 28.0 Å². The highest BCUT2D eigenvalue weighted by atomic mass is 16.3. The number of nitrogen functional groups attached to an aromatic ring is 1. The van der Waals surface area contributed by atoms with Gasteiger partial charge in [0.15, 0.2) is 5.65 Å². The number of rotatable bonds is 4. The number of likely N-dealkylation sites (tertiary alicyclic amines) is 1. The minimum Gasteiger partial charge on any atom is -0.384 e. The van der Waals surface area contributed by atoms with Crippen LogP contribution in [0.15, 0.2) is 54.9 Å². The summed E-state index contributed by atoms with van der Waals surface area (Å²) >= 11 is 0. The van der Waals surface area contributed by atoms with Gasteiger partial charge in [-0.25, -0.2) is 4.98 Å². The smallest absolute Gasteiger partial charge is 0.251 e. The number of nitriles is 1. The molecule has 0 bridgehead atoms. The second kappa shape index (κ2) is 9.16. The molecule has 35 heavy (non-hydrogen) atoms. The SMILES string of the molecule is C[C@@H](O)C(=O)N1CCC(c2nc3c(-c4ccc(-c5ccccc5)nc4)cnn3c(N)c2C#N)CC1. The predicted octanol–water partition coefficient (Wildman–Crippen LogP) is 3.00. The zero-order chi connectivity index (χ0) is 24.5. The Morgan fingerprint density at radius 1 is 1.14 bits per heavy atom. The lowest BCUT2D eigenvalue weighted by Crippen LogP contribution is -2.42. The molecule has 4 heterocycles. The highest BCUT2D eigenvalue weighted by Crippen LogP contribution is 2.34. The quantitative estimate of drug-likeness (QED) is 0.471. The van der Waals surface area contributed by atoms with Crippen LogP contribution in [-0.4, -0.2) is 54.7 Å². The van der Waals surface area contributed by atoms with E-state index in [2.05, 4.69) is 16.2 Å². The van der Waals surface area contributed by atoms with Crippen molar-refractivity contribution in [3.63, 3.8) is 0 Å². The number of hydrogen-bond donors (Lipinski definition) is 2. The number of pyridine rings is 1. The first-order valence-corrected chi connectivity index (χ1v) is 11.5. The third-order valence-electron chi connectivity index (χ3n) is 6.52. The van der Waals surface area contributed by atoms with Gasteiger partial charge in [-0.3, -0.25) is 9.78 Å². The summed E-state index contributed by atoms with van der Waals surface area (Å²) in [7, 11) is 0. The molecule has 3 N–H and O–H groups in total. The first-order chi connectivity index (χ1) is 17.0. The number of benzene rings is 1. The van der Waals surface area contributed by atoms with Crippen LogP contribution < -0.4 is 5.73 Å².